The number of ether oxygens (including phenoxy) is 1. The molecule has 2 heterocycles. The molecule has 3 aromatic rings. The van der Waals surface area contributed by atoms with Gasteiger partial charge in [0, 0.05) is 61.6 Å². The van der Waals surface area contributed by atoms with E-state index in [1.165, 1.54) is 6.07 Å². The number of hydrogen-bond acceptors (Lipinski definition) is 5. The monoisotopic (exact) mass is 423 g/mol. The summed E-state index contributed by atoms with van der Waals surface area (Å²) < 4.78 is 7.00. The van der Waals surface area contributed by atoms with E-state index in [1.54, 1.807) is 37.1 Å². The maximum absolute atomic E-state index is 12.3. The molecule has 2 aromatic carbocycles. The lowest BCUT2D eigenvalue weighted by Gasteiger charge is -2.38. The average molecular weight is 423 g/mol. The molecule has 1 aromatic heterocycles. The number of aryl methyl sites for hydroxylation is 1. The highest BCUT2D eigenvalue weighted by atomic mass is 16.5. The van der Waals surface area contributed by atoms with Crippen LogP contribution < -0.4 is 9.64 Å². The molecule has 8 nitrogen and oxygen atoms in total. The van der Waals surface area contributed by atoms with Gasteiger partial charge in [0.05, 0.1) is 12.7 Å². The van der Waals surface area contributed by atoms with Crippen LogP contribution in [0.2, 0.25) is 0 Å². The molecule has 31 heavy (non-hydrogen) atoms. The lowest BCUT2D eigenvalue weighted by molar-refractivity contribution is -0.143. The van der Waals surface area contributed by atoms with Gasteiger partial charge in [-0.15, -0.1) is 0 Å². The smallest absolute Gasteiger partial charge is 0.335 e. The molecule has 2 N–H and O–H groups in total. The maximum Gasteiger partial charge on any atom is 0.335 e. The van der Waals surface area contributed by atoms with Crippen LogP contribution in [0.25, 0.3) is 10.9 Å². The van der Waals surface area contributed by atoms with Crippen molar-refractivity contribution in [1.82, 2.24) is 9.47 Å². The second-order valence-electron chi connectivity index (χ2n) is 7.69. The molecule has 0 bridgehead atoms. The number of carbonyl (C=O) groups is 2. The Morgan fingerprint density at radius 1 is 1.00 bits per heavy atom. The minimum Gasteiger partial charge on any atom is -0.497 e. The number of aromatic nitrogens is 1. The molecule has 1 aliphatic heterocycles. The number of rotatable bonds is 6. The first-order chi connectivity index (χ1) is 14.9. The van der Waals surface area contributed by atoms with Gasteiger partial charge in [0.25, 0.3) is 0 Å². The maximum atomic E-state index is 12.3. The van der Waals surface area contributed by atoms with Crippen molar-refractivity contribution in [3.8, 4) is 5.75 Å². The summed E-state index contributed by atoms with van der Waals surface area (Å²) in [5.41, 5.74) is 2.65. The number of methoxy groups -OCH3 is 1. The van der Waals surface area contributed by atoms with Gasteiger partial charge in [-0.3, -0.25) is 9.69 Å². The van der Waals surface area contributed by atoms with Gasteiger partial charge >= 0.3 is 11.9 Å². The second-order valence-corrected chi connectivity index (χ2v) is 7.69. The van der Waals surface area contributed by atoms with Crippen molar-refractivity contribution < 1.29 is 24.5 Å². The summed E-state index contributed by atoms with van der Waals surface area (Å²) in [5.74, 6) is -1.11. The molecule has 1 unspecified atom stereocenters. The van der Waals surface area contributed by atoms with E-state index in [9.17, 15) is 19.8 Å². The van der Waals surface area contributed by atoms with E-state index in [0.717, 1.165) is 16.8 Å². The first kappa shape index (κ1) is 20.7. The summed E-state index contributed by atoms with van der Waals surface area (Å²) >= 11 is 0. The Hall–Kier alpha value is -3.52. The summed E-state index contributed by atoms with van der Waals surface area (Å²) in [6, 6.07) is 11.9. The van der Waals surface area contributed by atoms with Crippen LogP contribution in [0, 0.1) is 0 Å². The Balaban J connectivity index is 1.57. The summed E-state index contributed by atoms with van der Waals surface area (Å²) in [5, 5.41) is 20.1. The Labute approximate surface area is 179 Å². The van der Waals surface area contributed by atoms with Crippen molar-refractivity contribution in [2.75, 3.05) is 38.2 Å². The van der Waals surface area contributed by atoms with Crippen molar-refractivity contribution in [1.29, 1.82) is 0 Å². The van der Waals surface area contributed by atoms with Gasteiger partial charge in [-0.05, 0) is 36.4 Å². The Kier molecular flexibility index (Phi) is 5.56. The number of aliphatic carboxylic acids is 1. The Morgan fingerprint density at radius 2 is 1.68 bits per heavy atom. The molecule has 0 radical (unpaired) electrons. The molecule has 162 valence electrons. The normalized spacial score (nSPS) is 15.7. The minimum atomic E-state index is -1.01. The van der Waals surface area contributed by atoms with Gasteiger partial charge in [0.2, 0.25) is 0 Å². The topological polar surface area (TPSA) is 95.2 Å². The van der Waals surface area contributed by atoms with Crippen molar-refractivity contribution >= 4 is 28.5 Å². The molecule has 0 aliphatic carbocycles. The molecule has 1 fully saturated rings. The van der Waals surface area contributed by atoms with Gasteiger partial charge in [-0.1, -0.05) is 6.07 Å². The number of anilines is 1. The van der Waals surface area contributed by atoms with Crippen LogP contribution in [0.5, 0.6) is 5.75 Å². The molecule has 1 aliphatic rings. The van der Waals surface area contributed by atoms with Crippen LogP contribution in [0.4, 0.5) is 5.69 Å². The number of carboxylic acid groups (broad SMARTS) is 2. The van der Waals surface area contributed by atoms with Crippen LogP contribution in [0.1, 0.15) is 22.0 Å². The summed E-state index contributed by atoms with van der Waals surface area (Å²) in [6.45, 7) is 2.63. The highest BCUT2D eigenvalue weighted by Crippen LogP contribution is 2.32. The molecule has 1 saturated heterocycles. The van der Waals surface area contributed by atoms with Crippen LogP contribution in [0.15, 0.2) is 48.7 Å². The minimum absolute atomic E-state index is 0.181. The summed E-state index contributed by atoms with van der Waals surface area (Å²) in [6.07, 6.45) is 1.80. The molecule has 0 spiro atoms. The first-order valence-corrected chi connectivity index (χ1v) is 10.1. The van der Waals surface area contributed by atoms with Gasteiger partial charge < -0.3 is 24.4 Å². The Morgan fingerprint density at radius 3 is 2.26 bits per heavy atom. The third-order valence-electron chi connectivity index (χ3n) is 5.91. The largest absolute Gasteiger partial charge is 0.497 e. The molecule has 0 amide bonds. The third-order valence-corrected chi connectivity index (χ3v) is 5.91. The molecule has 8 heteroatoms. The van der Waals surface area contributed by atoms with Gasteiger partial charge in [0.15, 0.2) is 0 Å². The summed E-state index contributed by atoms with van der Waals surface area (Å²) in [4.78, 5) is 27.8. The number of benzene rings is 2. The van der Waals surface area contributed by atoms with Crippen molar-refractivity contribution in [2.24, 2.45) is 7.05 Å². The van der Waals surface area contributed by atoms with Gasteiger partial charge in [-0.25, -0.2) is 4.79 Å². The van der Waals surface area contributed by atoms with Gasteiger partial charge in [0.1, 0.15) is 11.8 Å². The zero-order chi connectivity index (χ0) is 22.1. The number of carboxylic acids is 2. The number of piperazine rings is 1. The molecule has 4 rings (SSSR count). The van der Waals surface area contributed by atoms with E-state index in [-0.39, 0.29) is 5.56 Å². The quantitative estimate of drug-likeness (QED) is 0.629. The predicted octanol–water partition coefficient (Wildman–Crippen LogP) is 2.83. The average Bonchev–Trinajstić information content (AvgIpc) is 3.09. The lowest BCUT2D eigenvalue weighted by Crippen LogP contribution is -2.49. The zero-order valence-corrected chi connectivity index (χ0v) is 17.5. The third kappa shape index (κ3) is 3.94. The molecular formula is C23H25N3O5. The van der Waals surface area contributed by atoms with E-state index in [4.69, 9.17) is 4.74 Å². The van der Waals surface area contributed by atoms with E-state index in [0.29, 0.717) is 37.3 Å². The molecule has 1 atom stereocenters. The molecular weight excluding hydrogens is 398 g/mol. The van der Waals surface area contributed by atoms with Crippen molar-refractivity contribution in [3.05, 3.63) is 59.8 Å². The van der Waals surface area contributed by atoms with E-state index in [1.807, 2.05) is 29.2 Å². The van der Waals surface area contributed by atoms with E-state index >= 15 is 0 Å². The van der Waals surface area contributed by atoms with Crippen molar-refractivity contribution in [2.45, 2.75) is 6.04 Å². The predicted molar refractivity (Wildman–Crippen MR) is 117 cm³/mol. The highest BCUT2D eigenvalue weighted by Gasteiger charge is 2.32. The molecule has 0 saturated carbocycles. The number of hydrogen-bond donors (Lipinski definition) is 2. The fraction of sp³-hybridized carbons (Fsp3) is 0.304. The van der Waals surface area contributed by atoms with Crippen molar-refractivity contribution in [3.63, 3.8) is 0 Å². The summed E-state index contributed by atoms with van der Waals surface area (Å²) in [7, 11) is 3.44. The number of nitrogens with zero attached hydrogens (tertiary/aromatic N) is 3. The van der Waals surface area contributed by atoms with Crippen LogP contribution >= 0.6 is 0 Å². The van der Waals surface area contributed by atoms with Gasteiger partial charge in [-0.2, -0.15) is 0 Å². The number of aromatic carboxylic acids is 1. The lowest BCUT2D eigenvalue weighted by atomic mass is 10.0. The Bertz CT molecular complexity index is 1110. The number of fused-ring (bicyclic) bond motifs is 1. The first-order valence-electron chi connectivity index (χ1n) is 10.1. The fourth-order valence-electron chi connectivity index (χ4n) is 4.28. The zero-order valence-electron chi connectivity index (χ0n) is 17.5. The van der Waals surface area contributed by atoms with Crippen LogP contribution in [0.3, 0.4) is 0 Å². The van der Waals surface area contributed by atoms with Crippen LogP contribution in [-0.2, 0) is 11.8 Å². The van der Waals surface area contributed by atoms with Crippen LogP contribution in [-0.4, -0.2) is 64.9 Å². The van der Waals surface area contributed by atoms with E-state index < -0.39 is 18.0 Å². The van der Waals surface area contributed by atoms with E-state index in [2.05, 4.69) is 4.90 Å². The second kappa shape index (κ2) is 8.31. The standard InChI is InChI=1S/C23H25N3O5/c1-24-14-19(18-8-3-15(22(27)28)13-20(18)24)21(23(29)30)26-11-9-25(10-12-26)16-4-6-17(31-2)7-5-16/h3-8,13-14,21H,9-12H2,1-2H3,(H,27,28)(H,29,30). The highest BCUT2D eigenvalue weighted by molar-refractivity contribution is 5.96. The fourth-order valence-corrected chi connectivity index (χ4v) is 4.28. The SMILES string of the molecule is COc1ccc(N2CCN(C(C(=O)O)c3cn(C)c4cc(C(=O)O)ccc34)CC2)cc1.